The van der Waals surface area contributed by atoms with Crippen LogP contribution in [0.15, 0.2) is 12.1 Å². The van der Waals surface area contributed by atoms with Crippen molar-refractivity contribution in [1.29, 1.82) is 0 Å². The molecule has 2 unspecified atom stereocenters. The van der Waals surface area contributed by atoms with Crippen molar-refractivity contribution in [3.05, 3.63) is 27.8 Å². The van der Waals surface area contributed by atoms with E-state index in [0.717, 1.165) is 25.0 Å². The summed E-state index contributed by atoms with van der Waals surface area (Å²) in [6.07, 6.45) is 9.25. The normalized spacial score (nSPS) is 12.3. The molecule has 0 radical (unpaired) electrons. The molecule has 222 valence electrons. The predicted molar refractivity (Wildman–Crippen MR) is 157 cm³/mol. The summed E-state index contributed by atoms with van der Waals surface area (Å²) in [6, 6.07) is 2.69. The van der Waals surface area contributed by atoms with Crippen LogP contribution in [-0.4, -0.2) is 54.4 Å². The average molecular weight is 636 g/mol. The molecule has 2 atom stereocenters. The van der Waals surface area contributed by atoms with Gasteiger partial charge in [-0.25, -0.2) is 4.79 Å². The Morgan fingerprint density at radius 3 is 2.15 bits per heavy atom. The lowest BCUT2D eigenvalue weighted by Crippen LogP contribution is -2.26. The second kappa shape index (κ2) is 20.7. The first-order valence-corrected chi connectivity index (χ1v) is 15.1. The molecule has 0 aliphatic carbocycles. The number of carbonyl (C=O) groups is 2. The van der Waals surface area contributed by atoms with Gasteiger partial charge in [0.1, 0.15) is 10.9 Å². The van der Waals surface area contributed by atoms with Crippen molar-refractivity contribution in [2.75, 3.05) is 32.6 Å². The SMILES string of the molecule is COc1cc(C(C)OC(=O)NCCCCCCCCCCCS)c([N+](=O)[O-])cc1OCCCOC(=O)C(C)Br. The van der Waals surface area contributed by atoms with Crippen molar-refractivity contribution >= 4 is 46.3 Å². The maximum Gasteiger partial charge on any atom is 0.407 e. The fourth-order valence-electron chi connectivity index (χ4n) is 3.78. The van der Waals surface area contributed by atoms with Crippen LogP contribution in [0.25, 0.3) is 0 Å². The van der Waals surface area contributed by atoms with Crippen LogP contribution in [0.1, 0.15) is 89.7 Å². The van der Waals surface area contributed by atoms with Crippen LogP contribution < -0.4 is 14.8 Å². The van der Waals surface area contributed by atoms with Crippen molar-refractivity contribution in [1.82, 2.24) is 5.32 Å². The maximum atomic E-state index is 12.3. The summed E-state index contributed by atoms with van der Waals surface area (Å²) < 4.78 is 21.5. The third-order valence-electron chi connectivity index (χ3n) is 5.95. The molecule has 1 aromatic carbocycles. The van der Waals surface area contributed by atoms with Gasteiger partial charge >= 0.3 is 12.1 Å². The van der Waals surface area contributed by atoms with Crippen LogP contribution in [0.2, 0.25) is 0 Å². The fourth-order valence-corrected chi connectivity index (χ4v) is 4.14. The lowest BCUT2D eigenvalue weighted by Gasteiger charge is -2.17. The molecule has 1 amide bonds. The smallest absolute Gasteiger partial charge is 0.407 e. The van der Waals surface area contributed by atoms with Gasteiger partial charge in [0.25, 0.3) is 5.69 Å². The Morgan fingerprint density at radius 1 is 0.974 bits per heavy atom. The third-order valence-corrected chi connectivity index (χ3v) is 6.64. The summed E-state index contributed by atoms with van der Waals surface area (Å²) in [5.74, 6) is 1.01. The van der Waals surface area contributed by atoms with Gasteiger partial charge in [0.05, 0.1) is 36.9 Å². The van der Waals surface area contributed by atoms with Crippen molar-refractivity contribution in [2.24, 2.45) is 0 Å². The van der Waals surface area contributed by atoms with Crippen LogP contribution in [-0.2, 0) is 14.3 Å². The number of alkyl halides is 1. The predicted octanol–water partition coefficient (Wildman–Crippen LogP) is 6.93. The quantitative estimate of drug-likeness (QED) is 0.0372. The van der Waals surface area contributed by atoms with Crippen molar-refractivity contribution in [3.63, 3.8) is 0 Å². The Morgan fingerprint density at radius 2 is 1.59 bits per heavy atom. The first-order chi connectivity index (χ1) is 18.7. The molecule has 0 aliphatic rings. The van der Waals surface area contributed by atoms with E-state index in [0.29, 0.717) is 13.0 Å². The Kier molecular flexibility index (Phi) is 18.4. The molecule has 0 aromatic heterocycles. The average Bonchev–Trinajstić information content (AvgIpc) is 2.90. The van der Waals surface area contributed by atoms with Crippen LogP contribution in [0.3, 0.4) is 0 Å². The highest BCUT2D eigenvalue weighted by Crippen LogP contribution is 2.38. The number of hydrogen-bond acceptors (Lipinski definition) is 9. The zero-order chi connectivity index (χ0) is 29.0. The van der Waals surface area contributed by atoms with E-state index in [1.54, 1.807) is 13.8 Å². The minimum absolute atomic E-state index is 0.147. The van der Waals surface area contributed by atoms with E-state index in [-0.39, 0.29) is 41.9 Å². The molecule has 1 N–H and O–H groups in total. The number of unbranched alkanes of at least 4 members (excludes halogenated alkanes) is 8. The zero-order valence-corrected chi connectivity index (χ0v) is 25.7. The highest BCUT2D eigenvalue weighted by Gasteiger charge is 2.26. The molecule has 0 bridgehead atoms. The number of nitrogens with zero attached hydrogens (tertiary/aromatic N) is 1. The van der Waals surface area contributed by atoms with Crippen molar-refractivity contribution < 1.29 is 33.5 Å². The van der Waals surface area contributed by atoms with E-state index in [1.165, 1.54) is 57.8 Å². The number of hydrogen-bond donors (Lipinski definition) is 2. The minimum atomic E-state index is -0.887. The zero-order valence-electron chi connectivity index (χ0n) is 23.2. The highest BCUT2D eigenvalue weighted by molar-refractivity contribution is 9.10. The number of rotatable bonds is 21. The molecule has 1 aromatic rings. The number of alkyl carbamates (subject to hydrolysis) is 1. The molecular formula is C27H43BrN2O8S. The number of methoxy groups -OCH3 is 1. The number of amides is 1. The van der Waals surface area contributed by atoms with Gasteiger partial charge in [-0.1, -0.05) is 60.9 Å². The van der Waals surface area contributed by atoms with E-state index in [2.05, 4.69) is 33.9 Å². The first kappa shape index (κ1) is 34.8. The second-order valence-corrected chi connectivity index (χ2v) is 11.0. The molecule has 10 nitrogen and oxygen atoms in total. The van der Waals surface area contributed by atoms with Gasteiger partial charge in [-0.15, -0.1) is 0 Å². The summed E-state index contributed by atoms with van der Waals surface area (Å²) in [5, 5.41) is 14.5. The monoisotopic (exact) mass is 634 g/mol. The summed E-state index contributed by atoms with van der Waals surface area (Å²) in [5.41, 5.74) is -0.0646. The van der Waals surface area contributed by atoms with Crippen molar-refractivity contribution in [2.45, 2.75) is 89.0 Å². The number of ether oxygens (including phenoxy) is 4. The van der Waals surface area contributed by atoms with Gasteiger partial charge in [0.15, 0.2) is 11.5 Å². The van der Waals surface area contributed by atoms with Crippen LogP contribution in [0.5, 0.6) is 11.5 Å². The number of thiol groups is 1. The number of carbonyl (C=O) groups excluding carboxylic acids is 2. The molecule has 0 fully saturated rings. The number of esters is 1. The number of benzene rings is 1. The van der Waals surface area contributed by atoms with E-state index in [4.69, 9.17) is 18.9 Å². The Hall–Kier alpha value is -2.21. The minimum Gasteiger partial charge on any atom is -0.493 e. The van der Waals surface area contributed by atoms with Gasteiger partial charge in [0, 0.05) is 13.0 Å². The number of nitro benzene ring substituents is 1. The molecule has 1 rings (SSSR count). The van der Waals surface area contributed by atoms with Crippen LogP contribution in [0, 0.1) is 10.1 Å². The Labute approximate surface area is 245 Å². The number of halogens is 1. The summed E-state index contributed by atoms with van der Waals surface area (Å²) in [4.78, 5) is 34.6. The third kappa shape index (κ3) is 14.7. The number of nitro groups is 1. The first-order valence-electron chi connectivity index (χ1n) is 13.6. The summed E-state index contributed by atoms with van der Waals surface area (Å²) in [6.45, 7) is 4.01. The molecule has 0 saturated carbocycles. The van der Waals surface area contributed by atoms with Gasteiger partial charge in [-0.3, -0.25) is 14.9 Å². The standard InChI is InChI=1S/C27H43BrN2O8S/c1-20(28)26(31)37-16-13-15-36-25-19-23(30(33)34)22(18-24(25)35-3)21(2)38-27(32)29-14-11-9-7-5-4-6-8-10-12-17-39/h18-21,39H,4-17H2,1-3H3,(H,29,32). The topological polar surface area (TPSA) is 126 Å². The fraction of sp³-hybridized carbons (Fsp3) is 0.704. The Bertz CT molecular complexity index is 888. The molecule has 0 saturated heterocycles. The maximum absolute atomic E-state index is 12.3. The second-order valence-electron chi connectivity index (χ2n) is 9.18. The molecule has 12 heteroatoms. The molecule has 0 heterocycles. The van der Waals surface area contributed by atoms with E-state index < -0.39 is 21.9 Å². The molecule has 0 aliphatic heterocycles. The number of nitrogens with one attached hydrogen (secondary N) is 1. The summed E-state index contributed by atoms with van der Waals surface area (Å²) in [7, 11) is 1.42. The van der Waals surface area contributed by atoms with Crippen LogP contribution in [0.4, 0.5) is 10.5 Å². The van der Waals surface area contributed by atoms with E-state index in [1.807, 2.05) is 0 Å². The largest absolute Gasteiger partial charge is 0.493 e. The van der Waals surface area contributed by atoms with Gasteiger partial charge in [0.2, 0.25) is 0 Å². The van der Waals surface area contributed by atoms with E-state index >= 15 is 0 Å². The molecule has 0 spiro atoms. The van der Waals surface area contributed by atoms with Gasteiger partial charge in [-0.05, 0) is 38.5 Å². The van der Waals surface area contributed by atoms with Crippen LogP contribution >= 0.6 is 28.6 Å². The lowest BCUT2D eigenvalue weighted by atomic mass is 10.1. The van der Waals surface area contributed by atoms with Gasteiger partial charge in [-0.2, -0.15) is 12.6 Å². The molecule has 39 heavy (non-hydrogen) atoms. The highest BCUT2D eigenvalue weighted by atomic mass is 79.9. The lowest BCUT2D eigenvalue weighted by molar-refractivity contribution is -0.386. The Balaban J connectivity index is 2.52. The van der Waals surface area contributed by atoms with Crippen molar-refractivity contribution in [3.8, 4) is 11.5 Å². The van der Waals surface area contributed by atoms with E-state index in [9.17, 15) is 19.7 Å². The van der Waals surface area contributed by atoms with Gasteiger partial charge < -0.3 is 24.3 Å². The summed E-state index contributed by atoms with van der Waals surface area (Å²) >= 11 is 7.35. The molecular weight excluding hydrogens is 592 g/mol.